The Morgan fingerprint density at radius 3 is 2.81 bits per heavy atom. The zero-order valence-corrected chi connectivity index (χ0v) is 12.5. The van der Waals surface area contributed by atoms with Crippen molar-refractivity contribution in [2.45, 2.75) is 6.92 Å². The van der Waals surface area contributed by atoms with Crippen molar-refractivity contribution in [2.24, 2.45) is 5.84 Å². The van der Waals surface area contributed by atoms with E-state index in [0.29, 0.717) is 10.8 Å². The third kappa shape index (κ3) is 2.76. The molecule has 21 heavy (non-hydrogen) atoms. The van der Waals surface area contributed by atoms with Gasteiger partial charge in [0.25, 0.3) is 0 Å². The van der Waals surface area contributed by atoms with Crippen LogP contribution in [-0.4, -0.2) is 9.97 Å². The van der Waals surface area contributed by atoms with Crippen LogP contribution in [0, 0.1) is 12.7 Å². The molecule has 0 atom stereocenters. The molecule has 0 aliphatic rings. The Kier molecular flexibility index (Phi) is 3.62. The van der Waals surface area contributed by atoms with Crippen molar-refractivity contribution in [1.29, 1.82) is 0 Å². The molecule has 2 heterocycles. The second-order valence-corrected chi connectivity index (χ2v) is 6.04. The number of nitrogens with zero attached hydrogens (tertiary/aromatic N) is 2. The van der Waals surface area contributed by atoms with Crippen LogP contribution >= 0.6 is 22.9 Å². The number of nitrogens with two attached hydrogens (primary N) is 1. The maximum Gasteiger partial charge on any atom is 0.240 e. The van der Waals surface area contributed by atoms with Gasteiger partial charge < -0.3 is 5.32 Å². The van der Waals surface area contributed by atoms with Crippen LogP contribution in [0.25, 0.3) is 10.2 Å². The summed E-state index contributed by atoms with van der Waals surface area (Å²) in [4.78, 5) is 10.4. The highest BCUT2D eigenvalue weighted by Crippen LogP contribution is 2.32. The molecule has 108 valence electrons. The highest BCUT2D eigenvalue weighted by Gasteiger charge is 2.12. The van der Waals surface area contributed by atoms with Crippen LogP contribution in [-0.2, 0) is 0 Å². The van der Waals surface area contributed by atoms with E-state index in [1.807, 2.05) is 13.0 Å². The molecule has 5 nitrogen and oxygen atoms in total. The second-order valence-electron chi connectivity index (χ2n) is 4.37. The number of hydrogen-bond acceptors (Lipinski definition) is 6. The molecule has 3 rings (SSSR count). The van der Waals surface area contributed by atoms with E-state index in [1.165, 1.54) is 17.4 Å². The molecule has 2 aromatic heterocycles. The van der Waals surface area contributed by atoms with Gasteiger partial charge >= 0.3 is 0 Å². The van der Waals surface area contributed by atoms with Crippen molar-refractivity contribution in [3.05, 3.63) is 40.0 Å². The number of halogens is 2. The molecule has 0 unspecified atom stereocenters. The number of nitrogen functional groups attached to an aromatic ring is 1. The molecule has 0 amide bonds. The summed E-state index contributed by atoms with van der Waals surface area (Å²) in [5.41, 5.74) is 2.69. The maximum atomic E-state index is 13.9. The van der Waals surface area contributed by atoms with Crippen LogP contribution in [0.4, 0.5) is 21.8 Å². The van der Waals surface area contributed by atoms with Gasteiger partial charge in [0.05, 0.1) is 11.1 Å². The first kappa shape index (κ1) is 14.0. The lowest BCUT2D eigenvalue weighted by Gasteiger charge is -2.09. The Morgan fingerprint density at radius 2 is 2.10 bits per heavy atom. The third-order valence-corrected chi connectivity index (χ3v) is 4.01. The molecule has 0 bridgehead atoms. The van der Waals surface area contributed by atoms with Crippen LogP contribution in [0.1, 0.15) is 4.88 Å². The molecule has 0 fully saturated rings. The van der Waals surface area contributed by atoms with E-state index in [4.69, 9.17) is 17.4 Å². The molecule has 0 saturated heterocycles. The van der Waals surface area contributed by atoms with Crippen molar-refractivity contribution in [3.8, 4) is 0 Å². The van der Waals surface area contributed by atoms with Crippen LogP contribution < -0.4 is 16.6 Å². The molecule has 0 spiro atoms. The molecule has 0 saturated carbocycles. The molecule has 1 aromatic carbocycles. The van der Waals surface area contributed by atoms with Gasteiger partial charge in [-0.05, 0) is 31.2 Å². The standard InChI is InChI=1S/C13H11ClFN5S/c1-6-4-8-11(18-13(20-16)19-12(8)21-6)17-10-3-2-7(14)5-9(10)15/h2-5H,16H2,1H3,(H2,17,18,19,20). The van der Waals surface area contributed by atoms with Crippen molar-refractivity contribution in [1.82, 2.24) is 9.97 Å². The highest BCUT2D eigenvalue weighted by atomic mass is 35.5. The highest BCUT2D eigenvalue weighted by molar-refractivity contribution is 7.18. The van der Waals surface area contributed by atoms with Gasteiger partial charge in [-0.15, -0.1) is 11.3 Å². The lowest BCUT2D eigenvalue weighted by atomic mass is 10.3. The number of aryl methyl sites for hydroxylation is 1. The van der Waals surface area contributed by atoms with E-state index < -0.39 is 5.82 Å². The average Bonchev–Trinajstić information content (AvgIpc) is 2.82. The topological polar surface area (TPSA) is 75.9 Å². The van der Waals surface area contributed by atoms with Crippen LogP contribution in [0.15, 0.2) is 24.3 Å². The molecule has 3 aromatic rings. The zero-order chi connectivity index (χ0) is 15.0. The Morgan fingerprint density at radius 1 is 1.29 bits per heavy atom. The predicted octanol–water partition coefficient (Wildman–Crippen LogP) is 3.82. The summed E-state index contributed by atoms with van der Waals surface area (Å²) in [7, 11) is 0. The second kappa shape index (κ2) is 5.44. The van der Waals surface area contributed by atoms with Gasteiger partial charge in [0.15, 0.2) is 0 Å². The van der Waals surface area contributed by atoms with Crippen molar-refractivity contribution < 1.29 is 4.39 Å². The first-order valence-electron chi connectivity index (χ1n) is 6.03. The summed E-state index contributed by atoms with van der Waals surface area (Å²) in [5.74, 6) is 5.66. The monoisotopic (exact) mass is 323 g/mol. The van der Waals surface area contributed by atoms with Gasteiger partial charge in [0.2, 0.25) is 5.95 Å². The SMILES string of the molecule is Cc1cc2c(Nc3ccc(Cl)cc3F)nc(NN)nc2s1. The number of nitrogens with one attached hydrogen (secondary N) is 2. The fourth-order valence-electron chi connectivity index (χ4n) is 1.92. The molecule has 8 heteroatoms. The molecule has 0 radical (unpaired) electrons. The smallest absolute Gasteiger partial charge is 0.240 e. The fourth-order valence-corrected chi connectivity index (χ4v) is 2.96. The van der Waals surface area contributed by atoms with E-state index in [0.717, 1.165) is 15.1 Å². The first-order valence-corrected chi connectivity index (χ1v) is 7.23. The molecule has 4 N–H and O–H groups in total. The molecular formula is C13H11ClFN5S. The normalized spacial score (nSPS) is 10.9. The minimum atomic E-state index is -0.455. The minimum absolute atomic E-state index is 0.265. The maximum absolute atomic E-state index is 13.9. The third-order valence-electron chi connectivity index (χ3n) is 2.83. The Balaban J connectivity index is 2.10. The van der Waals surface area contributed by atoms with Gasteiger partial charge in [-0.25, -0.2) is 15.2 Å². The number of anilines is 3. The van der Waals surface area contributed by atoms with Crippen molar-refractivity contribution in [3.63, 3.8) is 0 Å². The largest absolute Gasteiger partial charge is 0.337 e. The van der Waals surface area contributed by atoms with Crippen molar-refractivity contribution in [2.75, 3.05) is 10.7 Å². The number of fused-ring (bicyclic) bond motifs is 1. The van der Waals surface area contributed by atoms with E-state index in [9.17, 15) is 4.39 Å². The summed E-state index contributed by atoms with van der Waals surface area (Å²) >= 11 is 7.26. The summed E-state index contributed by atoms with van der Waals surface area (Å²) in [6.45, 7) is 1.97. The first-order chi connectivity index (χ1) is 10.1. The number of thiophene rings is 1. The van der Waals surface area contributed by atoms with E-state index in [-0.39, 0.29) is 11.6 Å². The van der Waals surface area contributed by atoms with E-state index in [2.05, 4.69) is 20.7 Å². The number of hydrogen-bond donors (Lipinski definition) is 3. The Labute approximate surface area is 128 Å². The van der Waals surface area contributed by atoms with Crippen LogP contribution in [0.5, 0.6) is 0 Å². The van der Waals surface area contributed by atoms with Gasteiger partial charge in [-0.2, -0.15) is 4.98 Å². The molecular weight excluding hydrogens is 313 g/mol. The average molecular weight is 324 g/mol. The number of aromatic nitrogens is 2. The Hall–Kier alpha value is -1.96. The van der Waals surface area contributed by atoms with Gasteiger partial charge in [0.1, 0.15) is 16.5 Å². The number of benzene rings is 1. The fraction of sp³-hybridized carbons (Fsp3) is 0.0769. The number of rotatable bonds is 3. The minimum Gasteiger partial charge on any atom is -0.337 e. The summed E-state index contributed by atoms with van der Waals surface area (Å²) in [6.07, 6.45) is 0. The number of hydrazine groups is 1. The lowest BCUT2D eigenvalue weighted by molar-refractivity contribution is 0.632. The van der Waals surface area contributed by atoms with Gasteiger partial charge in [0, 0.05) is 9.90 Å². The summed E-state index contributed by atoms with van der Waals surface area (Å²) < 4.78 is 13.9. The molecule has 0 aliphatic carbocycles. The van der Waals surface area contributed by atoms with E-state index >= 15 is 0 Å². The van der Waals surface area contributed by atoms with Crippen LogP contribution in [0.2, 0.25) is 5.02 Å². The van der Waals surface area contributed by atoms with Crippen LogP contribution in [0.3, 0.4) is 0 Å². The Bertz CT molecular complexity index is 820. The molecule has 0 aliphatic heterocycles. The summed E-state index contributed by atoms with van der Waals surface area (Å²) in [6, 6.07) is 6.34. The zero-order valence-electron chi connectivity index (χ0n) is 10.9. The van der Waals surface area contributed by atoms with Crippen molar-refractivity contribution >= 4 is 50.6 Å². The van der Waals surface area contributed by atoms with Gasteiger partial charge in [-0.1, -0.05) is 11.6 Å². The lowest BCUT2D eigenvalue weighted by Crippen LogP contribution is -2.11. The van der Waals surface area contributed by atoms with Gasteiger partial charge in [-0.3, -0.25) is 5.43 Å². The predicted molar refractivity (Wildman–Crippen MR) is 84.7 cm³/mol. The van der Waals surface area contributed by atoms with E-state index in [1.54, 1.807) is 12.1 Å². The quantitative estimate of drug-likeness (QED) is 0.504. The summed E-state index contributed by atoms with van der Waals surface area (Å²) in [5, 5.41) is 4.10.